The van der Waals surface area contributed by atoms with Gasteiger partial charge in [-0.2, -0.15) is 4.99 Å². The predicted octanol–water partition coefficient (Wildman–Crippen LogP) is 5.06. The minimum absolute atomic E-state index is 0.0681. The molecule has 6 nitrogen and oxygen atoms in total. The largest absolute Gasteiger partial charge is 0.468 e. The first-order valence-electron chi connectivity index (χ1n) is 9.31. The number of amides is 1. The normalized spacial score (nSPS) is 11.5. The van der Waals surface area contributed by atoms with E-state index in [9.17, 15) is 9.59 Å². The van der Waals surface area contributed by atoms with Gasteiger partial charge in [-0.1, -0.05) is 47.2 Å². The SMILES string of the molecule is COC(=O)Cn1c(=NC(=O)c2cccc(Oc3ccccc3)c2)sc2cc(Cl)ccc21. The van der Waals surface area contributed by atoms with Gasteiger partial charge < -0.3 is 14.0 Å². The Hall–Kier alpha value is -3.42. The number of fused-ring (bicyclic) bond motifs is 1. The van der Waals surface area contributed by atoms with E-state index in [-0.39, 0.29) is 6.54 Å². The van der Waals surface area contributed by atoms with Crippen LogP contribution in [-0.2, 0) is 16.1 Å². The number of carbonyl (C=O) groups excluding carboxylic acids is 2. The highest BCUT2D eigenvalue weighted by Crippen LogP contribution is 2.23. The summed E-state index contributed by atoms with van der Waals surface area (Å²) >= 11 is 7.37. The van der Waals surface area contributed by atoms with Gasteiger partial charge in [-0.15, -0.1) is 0 Å². The number of esters is 1. The fourth-order valence-electron chi connectivity index (χ4n) is 2.95. The Morgan fingerprint density at radius 1 is 1.00 bits per heavy atom. The van der Waals surface area contributed by atoms with Crippen LogP contribution in [0.25, 0.3) is 10.2 Å². The summed E-state index contributed by atoms with van der Waals surface area (Å²) in [6, 6.07) is 21.4. The molecule has 0 atom stereocenters. The first-order valence-corrected chi connectivity index (χ1v) is 10.5. The summed E-state index contributed by atoms with van der Waals surface area (Å²) in [6.07, 6.45) is 0. The van der Waals surface area contributed by atoms with Gasteiger partial charge in [0.25, 0.3) is 5.91 Å². The Labute approximate surface area is 187 Å². The number of carbonyl (C=O) groups is 2. The molecule has 0 aliphatic heterocycles. The quantitative estimate of drug-likeness (QED) is 0.397. The van der Waals surface area contributed by atoms with Crippen LogP contribution in [-0.4, -0.2) is 23.6 Å². The van der Waals surface area contributed by atoms with Crippen LogP contribution in [0, 0.1) is 0 Å². The van der Waals surface area contributed by atoms with Crippen LogP contribution in [0.5, 0.6) is 11.5 Å². The number of benzene rings is 3. The van der Waals surface area contributed by atoms with E-state index in [0.29, 0.717) is 26.9 Å². The van der Waals surface area contributed by atoms with Crippen molar-refractivity contribution in [2.24, 2.45) is 4.99 Å². The molecule has 1 amide bonds. The van der Waals surface area contributed by atoms with Gasteiger partial charge in [0.15, 0.2) is 4.80 Å². The van der Waals surface area contributed by atoms with Crippen molar-refractivity contribution in [1.82, 2.24) is 4.57 Å². The van der Waals surface area contributed by atoms with Gasteiger partial charge in [-0.25, -0.2) is 0 Å². The molecule has 0 aliphatic carbocycles. The lowest BCUT2D eigenvalue weighted by atomic mass is 10.2. The van der Waals surface area contributed by atoms with Gasteiger partial charge in [0, 0.05) is 10.6 Å². The molecule has 3 aromatic carbocycles. The van der Waals surface area contributed by atoms with Gasteiger partial charge >= 0.3 is 5.97 Å². The number of thiazole rings is 1. The lowest BCUT2D eigenvalue weighted by Gasteiger charge is -2.06. The Balaban J connectivity index is 1.71. The maximum atomic E-state index is 12.9. The second-order valence-corrected chi connectivity index (χ2v) is 7.96. The molecule has 31 heavy (non-hydrogen) atoms. The number of aromatic nitrogens is 1. The number of hydrogen-bond donors (Lipinski definition) is 0. The molecule has 1 aromatic heterocycles. The highest BCUT2D eigenvalue weighted by atomic mass is 35.5. The van der Waals surface area contributed by atoms with E-state index < -0.39 is 11.9 Å². The molecule has 156 valence electrons. The van der Waals surface area contributed by atoms with Crippen LogP contribution in [0.1, 0.15) is 10.4 Å². The number of methoxy groups -OCH3 is 1. The van der Waals surface area contributed by atoms with Gasteiger partial charge in [0.1, 0.15) is 18.0 Å². The molecule has 0 unspecified atom stereocenters. The summed E-state index contributed by atoms with van der Waals surface area (Å²) in [6.45, 7) is -0.0681. The van der Waals surface area contributed by atoms with Crippen LogP contribution in [0.2, 0.25) is 5.02 Å². The maximum absolute atomic E-state index is 12.9. The third kappa shape index (κ3) is 4.84. The summed E-state index contributed by atoms with van der Waals surface area (Å²) in [7, 11) is 1.31. The number of rotatable bonds is 5. The van der Waals surface area contributed by atoms with Crippen LogP contribution >= 0.6 is 22.9 Å². The van der Waals surface area contributed by atoms with E-state index in [1.807, 2.05) is 30.3 Å². The Bertz CT molecular complexity index is 1330. The minimum atomic E-state index is -0.449. The van der Waals surface area contributed by atoms with Crippen LogP contribution < -0.4 is 9.54 Å². The van der Waals surface area contributed by atoms with Gasteiger partial charge in [-0.3, -0.25) is 9.59 Å². The van der Waals surface area contributed by atoms with E-state index >= 15 is 0 Å². The van der Waals surface area contributed by atoms with Gasteiger partial charge in [0.05, 0.1) is 17.3 Å². The molecule has 0 bridgehead atoms. The van der Waals surface area contributed by atoms with Crippen LogP contribution in [0.3, 0.4) is 0 Å². The van der Waals surface area contributed by atoms with Crippen molar-refractivity contribution < 1.29 is 19.1 Å². The number of ether oxygens (including phenoxy) is 2. The monoisotopic (exact) mass is 452 g/mol. The van der Waals surface area contributed by atoms with Crippen LogP contribution in [0.4, 0.5) is 0 Å². The molecule has 0 aliphatic rings. The lowest BCUT2D eigenvalue weighted by Crippen LogP contribution is -2.22. The number of halogens is 1. The molecule has 0 saturated heterocycles. The molecule has 0 radical (unpaired) electrons. The number of hydrogen-bond acceptors (Lipinski definition) is 5. The van der Waals surface area contributed by atoms with Crippen molar-refractivity contribution in [1.29, 1.82) is 0 Å². The average molecular weight is 453 g/mol. The zero-order chi connectivity index (χ0) is 21.8. The molecule has 0 N–H and O–H groups in total. The first-order chi connectivity index (χ1) is 15.0. The fourth-order valence-corrected chi connectivity index (χ4v) is 4.25. The van der Waals surface area contributed by atoms with Gasteiger partial charge in [0.2, 0.25) is 0 Å². The molecular weight excluding hydrogens is 436 g/mol. The summed E-state index contributed by atoms with van der Waals surface area (Å²) in [5.41, 5.74) is 1.11. The van der Waals surface area contributed by atoms with Gasteiger partial charge in [-0.05, 0) is 48.5 Å². The van der Waals surface area contributed by atoms with Crippen molar-refractivity contribution in [2.45, 2.75) is 6.54 Å². The summed E-state index contributed by atoms with van der Waals surface area (Å²) in [5.74, 6) is 0.302. The zero-order valence-corrected chi connectivity index (χ0v) is 18.0. The van der Waals surface area contributed by atoms with Crippen molar-refractivity contribution in [2.75, 3.05) is 7.11 Å². The molecule has 0 spiro atoms. The molecule has 0 fully saturated rings. The summed E-state index contributed by atoms with van der Waals surface area (Å²) in [4.78, 5) is 29.5. The van der Waals surface area contributed by atoms with E-state index in [4.69, 9.17) is 21.1 Å². The second-order valence-electron chi connectivity index (χ2n) is 6.52. The van der Waals surface area contributed by atoms with Crippen molar-refractivity contribution >= 4 is 45.0 Å². The Kier molecular flexibility index (Phi) is 6.16. The molecular formula is C23H17ClN2O4S. The number of para-hydroxylation sites is 1. The lowest BCUT2D eigenvalue weighted by molar-refractivity contribution is -0.141. The van der Waals surface area contributed by atoms with Crippen molar-refractivity contribution in [3.05, 3.63) is 88.2 Å². The molecule has 4 aromatic rings. The minimum Gasteiger partial charge on any atom is -0.468 e. The van der Waals surface area contributed by atoms with E-state index in [1.165, 1.54) is 18.4 Å². The standard InChI is InChI=1S/C23H17ClN2O4S/c1-29-21(27)14-26-19-11-10-16(24)13-20(19)31-23(26)25-22(28)15-6-5-9-18(12-15)30-17-7-3-2-4-8-17/h2-13H,14H2,1H3. The van der Waals surface area contributed by atoms with Crippen molar-refractivity contribution in [3.8, 4) is 11.5 Å². The summed E-state index contributed by atoms with van der Waals surface area (Å²) < 4.78 is 13.0. The zero-order valence-electron chi connectivity index (χ0n) is 16.4. The summed E-state index contributed by atoms with van der Waals surface area (Å²) in [5, 5.41) is 0.558. The average Bonchev–Trinajstić information content (AvgIpc) is 3.10. The third-order valence-electron chi connectivity index (χ3n) is 4.42. The first kappa shape index (κ1) is 20.8. The Morgan fingerprint density at radius 2 is 1.77 bits per heavy atom. The topological polar surface area (TPSA) is 69.9 Å². The van der Waals surface area contributed by atoms with E-state index in [0.717, 1.165) is 10.2 Å². The molecule has 1 heterocycles. The highest BCUT2D eigenvalue weighted by Gasteiger charge is 2.13. The van der Waals surface area contributed by atoms with E-state index in [2.05, 4.69) is 4.99 Å². The second kappa shape index (κ2) is 9.16. The molecule has 0 saturated carbocycles. The van der Waals surface area contributed by atoms with Crippen molar-refractivity contribution in [3.63, 3.8) is 0 Å². The van der Waals surface area contributed by atoms with E-state index in [1.54, 1.807) is 47.0 Å². The molecule has 4 rings (SSSR count). The maximum Gasteiger partial charge on any atom is 0.325 e. The van der Waals surface area contributed by atoms with Crippen LogP contribution in [0.15, 0.2) is 77.8 Å². The Morgan fingerprint density at radius 3 is 2.55 bits per heavy atom. The fraction of sp³-hybridized carbons (Fsp3) is 0.0870. The smallest absolute Gasteiger partial charge is 0.325 e. The number of nitrogens with zero attached hydrogens (tertiary/aromatic N) is 2. The molecule has 8 heteroatoms. The highest BCUT2D eigenvalue weighted by molar-refractivity contribution is 7.16. The predicted molar refractivity (Wildman–Crippen MR) is 120 cm³/mol. The third-order valence-corrected chi connectivity index (χ3v) is 5.69.